The average molecular weight is 589 g/mol. The predicted octanol–water partition coefficient (Wildman–Crippen LogP) is 1.75. The van der Waals surface area contributed by atoms with Gasteiger partial charge in [-0.1, -0.05) is 13.8 Å². The Hall–Kier alpha value is -2.34. The smallest absolute Gasteiger partial charge is 0.334 e. The van der Waals surface area contributed by atoms with Gasteiger partial charge in [-0.25, -0.2) is 4.79 Å². The van der Waals surface area contributed by atoms with Crippen molar-refractivity contribution in [2.45, 2.75) is 121 Å². The van der Waals surface area contributed by atoms with E-state index >= 15 is 0 Å². The Labute approximate surface area is 244 Å². The Kier molecular flexibility index (Phi) is 5.71. The van der Waals surface area contributed by atoms with Crippen LogP contribution in [0.25, 0.3) is 0 Å². The Morgan fingerprint density at radius 2 is 1.86 bits per heavy atom. The summed E-state index contributed by atoms with van der Waals surface area (Å²) in [5.41, 5.74) is -3.69. The molecule has 2 spiro atoms. The van der Waals surface area contributed by atoms with E-state index in [-0.39, 0.29) is 24.7 Å². The molecule has 42 heavy (non-hydrogen) atoms. The molecular weight excluding hydrogens is 548 g/mol. The molecular formula is C31H40O11. The lowest BCUT2D eigenvalue weighted by molar-refractivity contribution is -0.276. The molecule has 0 aromatic rings. The number of aliphatic hydroxyl groups excluding tert-OH is 1. The van der Waals surface area contributed by atoms with Crippen LogP contribution in [0.15, 0.2) is 11.6 Å². The van der Waals surface area contributed by atoms with Gasteiger partial charge < -0.3 is 33.9 Å². The van der Waals surface area contributed by atoms with Gasteiger partial charge in [0.05, 0.1) is 17.9 Å². The number of esters is 3. The SMILES string of the molecule is CC(=O)O[C@H]([C@@H]1C=C(C)C(=O)O1)[C@@H](C)C1[C@@H]2[C@@]3(O)O[C@@]4(CC[C@]12C)C(O)[C@]12OC(=O)C[C@H]1OC(C)(C)[C@@H]2CC[C@H]4C3=O. The Bertz CT molecular complexity index is 1320. The first-order valence-corrected chi connectivity index (χ1v) is 15.1. The zero-order valence-corrected chi connectivity index (χ0v) is 24.9. The second kappa shape index (κ2) is 8.43. The second-order valence-electron chi connectivity index (χ2n) is 14.6. The third kappa shape index (κ3) is 3.31. The maximum Gasteiger partial charge on any atom is 0.334 e. The van der Waals surface area contributed by atoms with Crippen molar-refractivity contribution < 1.29 is 53.1 Å². The molecule has 0 amide bonds. The number of cyclic esters (lactones) is 1. The molecule has 2 unspecified atom stereocenters. The first kappa shape index (κ1) is 28.4. The third-order valence-electron chi connectivity index (χ3n) is 12.1. The number of aliphatic hydroxyl groups is 2. The Morgan fingerprint density at radius 3 is 2.50 bits per heavy atom. The topological polar surface area (TPSA) is 155 Å². The number of Topliss-reactive ketones (excluding diaryl/α,β-unsaturated/α-hetero) is 1. The molecule has 13 atom stereocenters. The summed E-state index contributed by atoms with van der Waals surface area (Å²) in [6.07, 6.45) is -0.441. The maximum absolute atomic E-state index is 14.3. The van der Waals surface area contributed by atoms with Crippen LogP contribution in [0, 0.1) is 35.0 Å². The highest BCUT2D eigenvalue weighted by atomic mass is 16.7. The zero-order valence-electron chi connectivity index (χ0n) is 24.9. The van der Waals surface area contributed by atoms with Crippen molar-refractivity contribution in [3.8, 4) is 0 Å². The van der Waals surface area contributed by atoms with Crippen LogP contribution in [0.2, 0.25) is 0 Å². The van der Waals surface area contributed by atoms with E-state index in [1.54, 1.807) is 13.0 Å². The van der Waals surface area contributed by atoms with Crippen LogP contribution >= 0.6 is 0 Å². The fourth-order valence-electron chi connectivity index (χ4n) is 10.4. The van der Waals surface area contributed by atoms with Crippen molar-refractivity contribution in [1.82, 2.24) is 0 Å². The van der Waals surface area contributed by atoms with Crippen molar-refractivity contribution in [1.29, 1.82) is 0 Å². The van der Waals surface area contributed by atoms with Crippen molar-refractivity contribution in [3.05, 3.63) is 11.6 Å². The highest BCUT2D eigenvalue weighted by Crippen LogP contribution is 2.76. The highest BCUT2D eigenvalue weighted by molar-refractivity contribution is 5.93. The Morgan fingerprint density at radius 1 is 1.14 bits per heavy atom. The number of carbonyl (C=O) groups is 4. The summed E-state index contributed by atoms with van der Waals surface area (Å²) in [5, 5.41) is 24.5. The average Bonchev–Trinajstić information content (AvgIpc) is 2.99. The lowest BCUT2D eigenvalue weighted by Gasteiger charge is -2.45. The number of fused-ring (bicyclic) bond motifs is 3. The second-order valence-corrected chi connectivity index (χ2v) is 14.6. The van der Waals surface area contributed by atoms with E-state index in [0.29, 0.717) is 24.8 Å². The first-order valence-electron chi connectivity index (χ1n) is 15.1. The molecule has 5 aliphatic heterocycles. The molecule has 11 heteroatoms. The summed E-state index contributed by atoms with van der Waals surface area (Å²) in [4.78, 5) is 51.2. The number of hydrogen-bond donors (Lipinski definition) is 2. The van der Waals surface area contributed by atoms with E-state index in [0.717, 1.165) is 0 Å². The van der Waals surface area contributed by atoms with Crippen molar-refractivity contribution >= 4 is 23.7 Å². The molecule has 2 aliphatic carbocycles. The van der Waals surface area contributed by atoms with Gasteiger partial charge in [0.25, 0.3) is 0 Å². The highest BCUT2D eigenvalue weighted by Gasteiger charge is 2.85. The van der Waals surface area contributed by atoms with Crippen LogP contribution in [0.1, 0.15) is 73.6 Å². The summed E-state index contributed by atoms with van der Waals surface area (Å²) < 4.78 is 30.0. The fourth-order valence-corrected chi connectivity index (χ4v) is 10.4. The van der Waals surface area contributed by atoms with E-state index in [2.05, 4.69) is 0 Å². The minimum Gasteiger partial charge on any atom is -0.458 e. The van der Waals surface area contributed by atoms with Gasteiger partial charge in [-0.05, 0) is 63.9 Å². The van der Waals surface area contributed by atoms with E-state index in [4.69, 9.17) is 23.7 Å². The summed E-state index contributed by atoms with van der Waals surface area (Å²) in [6, 6.07) is 0. The molecule has 11 nitrogen and oxygen atoms in total. The third-order valence-corrected chi connectivity index (χ3v) is 12.1. The van der Waals surface area contributed by atoms with Crippen LogP contribution in [0.4, 0.5) is 0 Å². The molecule has 7 rings (SSSR count). The fraction of sp³-hybridized carbons (Fsp3) is 0.806. The number of ether oxygens (including phenoxy) is 5. The van der Waals surface area contributed by atoms with Crippen LogP contribution in [0.5, 0.6) is 0 Å². The van der Waals surface area contributed by atoms with E-state index in [9.17, 15) is 29.4 Å². The van der Waals surface area contributed by atoms with Gasteiger partial charge in [0.15, 0.2) is 17.5 Å². The molecule has 230 valence electrons. The first-order chi connectivity index (χ1) is 19.5. The molecule has 2 saturated carbocycles. The predicted molar refractivity (Wildman–Crippen MR) is 141 cm³/mol. The lowest BCUT2D eigenvalue weighted by atomic mass is 9.67. The molecule has 2 N–H and O–H groups in total. The number of ketones is 1. The molecule has 7 aliphatic rings. The van der Waals surface area contributed by atoms with E-state index in [1.165, 1.54) is 6.92 Å². The van der Waals surface area contributed by atoms with E-state index < -0.39 is 93.9 Å². The van der Waals surface area contributed by atoms with Gasteiger partial charge in [-0.2, -0.15) is 0 Å². The number of rotatable bonds is 4. The largest absolute Gasteiger partial charge is 0.458 e. The van der Waals surface area contributed by atoms with Crippen LogP contribution in [0.3, 0.4) is 0 Å². The minimum absolute atomic E-state index is 0.00702. The Balaban J connectivity index is 1.24. The standard InChI is InChI=1S/C31H40O11/c1-13-11-17(39-25(13)35)22(38-15(3)32)14(2)21-23-28(21,6)9-10-29-16(24(34)31(23,37)42-29)7-8-18-27(4,5)40-19-12-20(33)41-30(18,19)26(29)36/h11,14,16-19,21-23,26,36-37H,7-10,12H2,1-6H3/t14-,16-,17-,18-,19+,21?,22-,23-,26?,28+,29+,30+,31+/m0/s1. The van der Waals surface area contributed by atoms with Gasteiger partial charge in [0.2, 0.25) is 5.79 Å². The molecule has 0 aromatic carbocycles. The van der Waals surface area contributed by atoms with Crippen LogP contribution < -0.4 is 0 Å². The molecule has 0 aromatic heterocycles. The quantitative estimate of drug-likeness (QED) is 0.365. The van der Waals surface area contributed by atoms with Crippen LogP contribution in [-0.4, -0.2) is 80.9 Å². The van der Waals surface area contributed by atoms with Gasteiger partial charge in [0.1, 0.15) is 23.9 Å². The lowest BCUT2D eigenvalue weighted by Crippen LogP contribution is -2.63. The molecule has 0 radical (unpaired) electrons. The molecule has 5 heterocycles. The normalized spacial score (nSPS) is 51.1. The van der Waals surface area contributed by atoms with Gasteiger partial charge >= 0.3 is 17.9 Å². The summed E-state index contributed by atoms with van der Waals surface area (Å²) in [5.74, 6) is -6.61. The van der Waals surface area contributed by atoms with Crippen molar-refractivity contribution in [2.75, 3.05) is 0 Å². The molecule has 6 fully saturated rings. The van der Waals surface area contributed by atoms with E-state index in [1.807, 2.05) is 27.7 Å². The van der Waals surface area contributed by atoms with Gasteiger partial charge in [-0.15, -0.1) is 0 Å². The monoisotopic (exact) mass is 588 g/mol. The summed E-state index contributed by atoms with van der Waals surface area (Å²) in [7, 11) is 0. The van der Waals surface area contributed by atoms with Gasteiger partial charge in [-0.3, -0.25) is 14.4 Å². The summed E-state index contributed by atoms with van der Waals surface area (Å²) >= 11 is 0. The minimum atomic E-state index is -2.19. The maximum atomic E-state index is 14.3. The van der Waals surface area contributed by atoms with Crippen molar-refractivity contribution in [2.24, 2.45) is 35.0 Å². The molecule has 4 saturated heterocycles. The van der Waals surface area contributed by atoms with Gasteiger partial charge in [0, 0.05) is 30.3 Å². The number of hydrogen-bond acceptors (Lipinski definition) is 11. The number of carbonyl (C=O) groups excluding carboxylic acids is 4. The zero-order chi connectivity index (χ0) is 30.4. The summed E-state index contributed by atoms with van der Waals surface area (Å²) in [6.45, 7) is 10.6. The van der Waals surface area contributed by atoms with Crippen molar-refractivity contribution in [3.63, 3.8) is 0 Å². The van der Waals surface area contributed by atoms with Crippen LogP contribution in [-0.2, 0) is 42.9 Å². The molecule has 2 bridgehead atoms.